The van der Waals surface area contributed by atoms with Crippen LogP contribution in [0, 0.1) is 5.92 Å². The van der Waals surface area contributed by atoms with Crippen LogP contribution in [0.15, 0.2) is 30.3 Å². The van der Waals surface area contributed by atoms with Gasteiger partial charge in [-0.15, -0.1) is 0 Å². The molecule has 0 saturated carbocycles. The Kier molecular flexibility index (Phi) is 5.33. The highest BCUT2D eigenvalue weighted by Gasteiger charge is 2.27. The molecule has 2 rings (SSSR count). The average molecular weight is 289 g/mol. The first-order chi connectivity index (χ1) is 10.1. The monoisotopic (exact) mass is 289 g/mol. The Morgan fingerprint density at radius 3 is 2.67 bits per heavy atom. The van der Waals surface area contributed by atoms with Gasteiger partial charge in [-0.2, -0.15) is 0 Å². The average Bonchev–Trinajstić information content (AvgIpc) is 2.96. The maximum absolute atomic E-state index is 12.4. The Morgan fingerprint density at radius 1 is 1.38 bits per heavy atom. The van der Waals surface area contributed by atoms with Crippen LogP contribution in [0.2, 0.25) is 0 Å². The zero-order valence-electron chi connectivity index (χ0n) is 12.4. The molecule has 1 fully saturated rings. The third-order valence-electron chi connectivity index (χ3n) is 3.93. The third kappa shape index (κ3) is 4.29. The topological polar surface area (TPSA) is 75.4 Å². The van der Waals surface area contributed by atoms with Crippen molar-refractivity contribution in [1.82, 2.24) is 10.2 Å². The maximum Gasteiger partial charge on any atom is 0.224 e. The lowest BCUT2D eigenvalue weighted by atomic mass is 10.0. The van der Waals surface area contributed by atoms with Crippen LogP contribution in [0.4, 0.5) is 0 Å². The van der Waals surface area contributed by atoms with E-state index in [9.17, 15) is 9.59 Å². The predicted molar refractivity (Wildman–Crippen MR) is 81.4 cm³/mol. The van der Waals surface area contributed by atoms with Gasteiger partial charge in [-0.05, 0) is 24.4 Å². The molecule has 2 atom stereocenters. The minimum Gasteiger partial charge on any atom is -0.349 e. The molecule has 0 bridgehead atoms. The summed E-state index contributed by atoms with van der Waals surface area (Å²) in [7, 11) is 0. The van der Waals surface area contributed by atoms with Crippen LogP contribution < -0.4 is 11.1 Å². The second kappa shape index (κ2) is 7.22. The number of carbonyl (C=O) groups excluding carboxylic acids is 2. The predicted octanol–water partition coefficient (Wildman–Crippen LogP) is 1.06. The van der Waals surface area contributed by atoms with E-state index in [1.807, 2.05) is 35.2 Å². The quantitative estimate of drug-likeness (QED) is 0.851. The summed E-state index contributed by atoms with van der Waals surface area (Å²) in [5, 5.41) is 2.86. The molecule has 5 nitrogen and oxygen atoms in total. The number of nitrogens with two attached hydrogens (primary N) is 1. The normalized spacial score (nSPS) is 19.3. The van der Waals surface area contributed by atoms with Crippen LogP contribution in [0.1, 0.15) is 31.4 Å². The lowest BCUT2D eigenvalue weighted by Crippen LogP contribution is -2.35. The van der Waals surface area contributed by atoms with Gasteiger partial charge >= 0.3 is 0 Å². The Labute approximate surface area is 125 Å². The second-order valence-corrected chi connectivity index (χ2v) is 5.60. The van der Waals surface area contributed by atoms with Crippen LogP contribution >= 0.6 is 0 Å². The van der Waals surface area contributed by atoms with Crippen molar-refractivity contribution in [3.8, 4) is 0 Å². The number of nitrogens with zero attached hydrogens (tertiary/aromatic N) is 1. The highest BCUT2D eigenvalue weighted by atomic mass is 16.2. The summed E-state index contributed by atoms with van der Waals surface area (Å²) in [6, 6.07) is 9.33. The first-order valence-corrected chi connectivity index (χ1v) is 7.40. The summed E-state index contributed by atoms with van der Waals surface area (Å²) < 4.78 is 0. The number of hydrogen-bond acceptors (Lipinski definition) is 3. The number of benzene rings is 1. The standard InChI is InChI=1S/C16H23N3O2/c1-12(20)18-15(14-5-3-2-4-6-14)9-16(21)19-8-7-13(10-17)11-19/h2-6,13,15H,7-11,17H2,1H3,(H,18,20). The first-order valence-electron chi connectivity index (χ1n) is 7.40. The summed E-state index contributed by atoms with van der Waals surface area (Å²) in [6.45, 7) is 3.59. The number of amides is 2. The summed E-state index contributed by atoms with van der Waals surface area (Å²) in [4.78, 5) is 25.6. The van der Waals surface area contributed by atoms with E-state index in [1.54, 1.807) is 0 Å². The molecule has 21 heavy (non-hydrogen) atoms. The lowest BCUT2D eigenvalue weighted by molar-refractivity contribution is -0.131. The van der Waals surface area contributed by atoms with Gasteiger partial charge in [0, 0.05) is 20.0 Å². The Hall–Kier alpha value is -1.88. The molecule has 1 aromatic rings. The molecule has 2 amide bonds. The first kappa shape index (κ1) is 15.5. The second-order valence-electron chi connectivity index (χ2n) is 5.60. The molecule has 3 N–H and O–H groups in total. The summed E-state index contributed by atoms with van der Waals surface area (Å²) in [6.07, 6.45) is 1.26. The van der Waals surface area contributed by atoms with Gasteiger partial charge < -0.3 is 16.0 Å². The third-order valence-corrected chi connectivity index (χ3v) is 3.93. The Bertz CT molecular complexity index is 490. The number of rotatable bonds is 5. The van der Waals surface area contributed by atoms with E-state index in [0.29, 0.717) is 18.9 Å². The number of nitrogens with one attached hydrogen (secondary N) is 1. The molecule has 0 spiro atoms. The molecular formula is C16H23N3O2. The van der Waals surface area contributed by atoms with E-state index in [0.717, 1.165) is 25.1 Å². The minimum absolute atomic E-state index is 0.0774. The minimum atomic E-state index is -0.270. The van der Waals surface area contributed by atoms with Gasteiger partial charge in [0.2, 0.25) is 11.8 Å². The summed E-state index contributed by atoms with van der Waals surface area (Å²) in [5.41, 5.74) is 6.61. The zero-order chi connectivity index (χ0) is 15.2. The fourth-order valence-electron chi connectivity index (χ4n) is 2.74. The van der Waals surface area contributed by atoms with Gasteiger partial charge in [0.1, 0.15) is 0 Å². The van der Waals surface area contributed by atoms with Gasteiger partial charge in [0.05, 0.1) is 12.5 Å². The number of carbonyl (C=O) groups is 2. The maximum atomic E-state index is 12.4. The molecule has 1 aliphatic heterocycles. The van der Waals surface area contributed by atoms with Gasteiger partial charge in [-0.3, -0.25) is 9.59 Å². The number of likely N-dealkylation sites (tertiary alicyclic amines) is 1. The van der Waals surface area contributed by atoms with Crippen LogP contribution in [0.5, 0.6) is 0 Å². The SMILES string of the molecule is CC(=O)NC(CC(=O)N1CCC(CN)C1)c1ccccc1. The molecule has 0 radical (unpaired) electrons. The van der Waals surface area contributed by atoms with Crippen LogP contribution in [0.25, 0.3) is 0 Å². The van der Waals surface area contributed by atoms with E-state index in [4.69, 9.17) is 5.73 Å². The highest BCUT2D eigenvalue weighted by molar-refractivity contribution is 5.79. The Balaban J connectivity index is 2.02. The number of hydrogen-bond donors (Lipinski definition) is 2. The fraction of sp³-hybridized carbons (Fsp3) is 0.500. The van der Waals surface area contributed by atoms with E-state index in [1.165, 1.54) is 6.92 Å². The van der Waals surface area contributed by atoms with Crippen molar-refractivity contribution in [2.75, 3.05) is 19.6 Å². The van der Waals surface area contributed by atoms with Crippen LogP contribution in [-0.4, -0.2) is 36.3 Å². The molecule has 0 aromatic heterocycles. The van der Waals surface area contributed by atoms with Crippen molar-refractivity contribution in [3.05, 3.63) is 35.9 Å². The van der Waals surface area contributed by atoms with Gasteiger partial charge in [-0.1, -0.05) is 30.3 Å². The molecule has 0 aliphatic carbocycles. The van der Waals surface area contributed by atoms with Gasteiger partial charge in [0.25, 0.3) is 0 Å². The van der Waals surface area contributed by atoms with Crippen molar-refractivity contribution in [3.63, 3.8) is 0 Å². The lowest BCUT2D eigenvalue weighted by Gasteiger charge is -2.22. The van der Waals surface area contributed by atoms with Gasteiger partial charge in [0.15, 0.2) is 0 Å². The summed E-state index contributed by atoms with van der Waals surface area (Å²) >= 11 is 0. The van der Waals surface area contributed by atoms with Gasteiger partial charge in [-0.25, -0.2) is 0 Å². The molecule has 114 valence electrons. The van der Waals surface area contributed by atoms with Crippen molar-refractivity contribution in [2.24, 2.45) is 11.7 Å². The zero-order valence-corrected chi connectivity index (χ0v) is 12.4. The smallest absolute Gasteiger partial charge is 0.224 e. The largest absolute Gasteiger partial charge is 0.349 e. The molecule has 1 aliphatic rings. The molecular weight excluding hydrogens is 266 g/mol. The molecule has 1 saturated heterocycles. The van der Waals surface area contributed by atoms with Crippen LogP contribution in [0.3, 0.4) is 0 Å². The molecule has 5 heteroatoms. The van der Waals surface area contributed by atoms with Crippen molar-refractivity contribution < 1.29 is 9.59 Å². The van der Waals surface area contributed by atoms with E-state index in [2.05, 4.69) is 5.32 Å². The van der Waals surface area contributed by atoms with Crippen molar-refractivity contribution in [2.45, 2.75) is 25.8 Å². The Morgan fingerprint density at radius 2 is 2.10 bits per heavy atom. The van der Waals surface area contributed by atoms with Crippen LogP contribution in [-0.2, 0) is 9.59 Å². The van der Waals surface area contributed by atoms with E-state index < -0.39 is 0 Å². The highest BCUT2D eigenvalue weighted by Crippen LogP contribution is 2.21. The van der Waals surface area contributed by atoms with Crippen molar-refractivity contribution in [1.29, 1.82) is 0 Å². The van der Waals surface area contributed by atoms with E-state index in [-0.39, 0.29) is 17.9 Å². The molecule has 1 heterocycles. The van der Waals surface area contributed by atoms with Crippen molar-refractivity contribution >= 4 is 11.8 Å². The fourth-order valence-corrected chi connectivity index (χ4v) is 2.74. The summed E-state index contributed by atoms with van der Waals surface area (Å²) in [5.74, 6) is 0.358. The molecule has 2 unspecified atom stereocenters. The van der Waals surface area contributed by atoms with E-state index >= 15 is 0 Å². The molecule has 1 aromatic carbocycles.